The normalized spacial score (nSPS) is 14.2. The summed E-state index contributed by atoms with van der Waals surface area (Å²) in [5.74, 6) is 1.05. The molecule has 1 aliphatic heterocycles. The van der Waals surface area contributed by atoms with Gasteiger partial charge in [-0.05, 0) is 163 Å². The zero-order chi connectivity index (χ0) is 71.6. The van der Waals surface area contributed by atoms with Crippen LogP contribution in [0.15, 0.2) is 251 Å². The van der Waals surface area contributed by atoms with Crippen molar-refractivity contribution in [3.8, 4) is 16.4 Å². The largest absolute Gasteiger partial charge is 0.748 e. The Morgan fingerprint density at radius 2 is 0.770 bits per heavy atom. The molecule has 1 aromatic heterocycles. The fraction of sp³-hybridized carbons (Fsp3) is 0.333. The lowest BCUT2D eigenvalue weighted by atomic mass is 9.87. The van der Waals surface area contributed by atoms with Crippen molar-refractivity contribution >= 4 is 77.6 Å². The molecular weight excluding hydrogens is 1460 g/mol. The topological polar surface area (TPSA) is 217 Å². The molecule has 2 heterocycles. The van der Waals surface area contributed by atoms with E-state index in [9.17, 15) is 38.9 Å². The third-order valence-corrected chi connectivity index (χ3v) is 26.4. The Morgan fingerprint density at radius 1 is 0.410 bits per heavy atom. The summed E-state index contributed by atoms with van der Waals surface area (Å²) in [5, 5.41) is 12.0. The van der Waals surface area contributed by atoms with Gasteiger partial charge in [-0.15, -0.1) is 0 Å². The SMILES string of the molecule is CC(C)(C)c1ccc([I+]c2ccc(C(C)(C)C)cc2)cc1.O=S(=O)([O-])CCCNc1ccccc1.O=S(=O)([O-])CCNC1CCCCC1.O=S(=O)([O-])CCNC1CCCCC1.c1ccc(-[s+]2c3ccccc3c3ccccc32)cc1.c1ccc([S+]2c3ccccc3Oc3ccccc32)cc1. The molecule has 0 spiro atoms. The lowest BCUT2D eigenvalue weighted by molar-refractivity contribution is -0.597. The Morgan fingerprint density at radius 3 is 1.17 bits per heavy atom. The van der Waals surface area contributed by atoms with E-state index in [1.165, 1.54) is 96.5 Å². The second-order valence-corrected chi connectivity index (χ2v) is 38.4. The van der Waals surface area contributed by atoms with Crippen LogP contribution < -0.4 is 41.9 Å². The summed E-state index contributed by atoms with van der Waals surface area (Å²) in [4.78, 5) is 5.26. The molecule has 532 valence electrons. The lowest BCUT2D eigenvalue weighted by Crippen LogP contribution is -3.61. The first-order chi connectivity index (χ1) is 47.8. The lowest BCUT2D eigenvalue weighted by Gasteiger charge is -2.23. The van der Waals surface area contributed by atoms with Gasteiger partial charge in [-0.2, -0.15) is 0 Å². The van der Waals surface area contributed by atoms with Crippen molar-refractivity contribution in [3.63, 3.8) is 0 Å². The summed E-state index contributed by atoms with van der Waals surface area (Å²) in [6, 6.07) is 84.4. The van der Waals surface area contributed by atoms with Crippen molar-refractivity contribution in [2.45, 2.75) is 150 Å². The number of halogens is 1. The molecule has 0 saturated heterocycles. The minimum absolute atomic E-state index is 0.0594. The molecule has 3 N–H and O–H groups in total. The average Bonchev–Trinajstić information content (AvgIpc) is 1.45. The van der Waals surface area contributed by atoms with E-state index in [-0.39, 0.29) is 70.7 Å². The molecule has 9 aromatic carbocycles. The molecule has 0 amide bonds. The van der Waals surface area contributed by atoms with Gasteiger partial charge in [0.05, 0.1) is 41.9 Å². The monoisotopic (exact) mass is 1560 g/mol. The van der Waals surface area contributed by atoms with E-state index >= 15 is 0 Å². The second-order valence-electron chi connectivity index (χ2n) is 26.8. The molecule has 13 nitrogen and oxygen atoms in total. The van der Waals surface area contributed by atoms with Crippen molar-refractivity contribution in [2.24, 2.45) is 0 Å². The molecule has 13 rings (SSSR count). The summed E-state index contributed by atoms with van der Waals surface area (Å²) in [6.45, 7) is 14.7. The van der Waals surface area contributed by atoms with Crippen molar-refractivity contribution in [1.82, 2.24) is 10.6 Å². The number of nitrogens with one attached hydrogen (secondary N) is 3. The molecule has 3 aliphatic rings. The van der Waals surface area contributed by atoms with Crippen molar-refractivity contribution in [2.75, 3.05) is 42.2 Å². The molecule has 0 unspecified atom stereocenters. The van der Waals surface area contributed by atoms with E-state index in [0.717, 1.165) is 42.9 Å². The highest BCUT2D eigenvalue weighted by Gasteiger charge is 2.39. The van der Waals surface area contributed by atoms with Crippen molar-refractivity contribution in [3.05, 3.63) is 255 Å². The van der Waals surface area contributed by atoms with Gasteiger partial charge in [-0.25, -0.2) is 25.3 Å². The minimum atomic E-state index is -4.07. The van der Waals surface area contributed by atoms with Crippen LogP contribution in [0.3, 0.4) is 0 Å². The molecule has 0 atom stereocenters. The van der Waals surface area contributed by atoms with Gasteiger partial charge in [0.1, 0.15) is 10.9 Å². The van der Waals surface area contributed by atoms with Crippen LogP contribution in [0.2, 0.25) is 0 Å². The zero-order valence-electron chi connectivity index (χ0n) is 58.2. The average molecular weight is 1560 g/mol. The van der Waals surface area contributed by atoms with Crippen LogP contribution in [-0.4, -0.2) is 87.9 Å². The van der Waals surface area contributed by atoms with Gasteiger partial charge in [0.15, 0.2) is 37.8 Å². The molecule has 0 bridgehead atoms. The van der Waals surface area contributed by atoms with Crippen molar-refractivity contribution < 1.29 is 64.9 Å². The Kier molecular flexibility index (Phi) is 30.7. The summed E-state index contributed by atoms with van der Waals surface area (Å²) in [6.07, 6.45) is 12.2. The van der Waals surface area contributed by atoms with Gasteiger partial charge < -0.3 is 34.3 Å². The first-order valence-electron chi connectivity index (χ1n) is 34.3. The minimum Gasteiger partial charge on any atom is -0.748 e. The highest BCUT2D eigenvalue weighted by atomic mass is 127. The van der Waals surface area contributed by atoms with E-state index in [1.54, 1.807) is 0 Å². The maximum Gasteiger partial charge on any atom is 0.357 e. The molecule has 10 aromatic rings. The Balaban J connectivity index is 0.000000154. The Hall–Kier alpha value is -6.47. The van der Waals surface area contributed by atoms with Crippen LogP contribution in [0.1, 0.15) is 123 Å². The predicted molar refractivity (Wildman–Crippen MR) is 408 cm³/mol. The summed E-state index contributed by atoms with van der Waals surface area (Å²) < 4.78 is 104. The summed E-state index contributed by atoms with van der Waals surface area (Å²) >= 11 is -0.0703. The number of rotatable bonds is 17. The van der Waals surface area contributed by atoms with Gasteiger partial charge >= 0.3 is 21.2 Å². The molecule has 2 saturated carbocycles. The van der Waals surface area contributed by atoms with Gasteiger partial charge in [0.2, 0.25) is 9.79 Å². The maximum absolute atomic E-state index is 10.3. The fourth-order valence-corrected chi connectivity index (χ4v) is 19.7. The smallest absolute Gasteiger partial charge is 0.357 e. The van der Waals surface area contributed by atoms with Crippen LogP contribution >= 0.6 is 10.5 Å². The molecule has 100 heavy (non-hydrogen) atoms. The van der Waals surface area contributed by atoms with Crippen LogP contribution in [0.4, 0.5) is 5.69 Å². The standard InChI is InChI=1S/C20H26I.C18H13OS.C18H13S.C9H13NO3S.2C8H17NO3S/c1-19(2,3)15-7-11-17(12-8-15)21-18-13-9-16(10-14-18)20(4,5)6;1-2-8-14(9-3-1)20-17-12-6-4-10-15(17)19-16-11-5-7-13-18(16)20;1-2-8-14(9-3-1)19-17-12-6-4-10-15(17)16-11-5-7-13-18(16)19;11-14(12,13)8-4-7-10-9-5-2-1-3-6-9;2*10-13(11,12)7-6-9-8-4-2-1-3-5-8/h7-14H,1-6H3;1-13H;1-13H;1-3,5-6,10H,4,7-8H2,(H,11,12,13);2*8-9H,1-7H2,(H,10,11,12)/q3*+1;;;/p-3. The highest BCUT2D eigenvalue weighted by molar-refractivity contribution is 7.97. The first-order valence-corrected chi connectivity index (χ1v) is 43.7. The van der Waals surface area contributed by atoms with Crippen LogP contribution in [0.5, 0.6) is 11.5 Å². The molecule has 2 fully saturated rings. The van der Waals surface area contributed by atoms with E-state index in [2.05, 4.69) is 239 Å². The van der Waals surface area contributed by atoms with Gasteiger partial charge in [0, 0.05) is 64.4 Å². The number of fused-ring (bicyclic) bond motifs is 5. The summed E-state index contributed by atoms with van der Waals surface area (Å²) in [7, 11) is -12.2. The third-order valence-electron chi connectivity index (χ3n) is 16.9. The predicted octanol–water partition coefficient (Wildman–Crippen LogP) is 15.0. The quantitative estimate of drug-likeness (QED) is 0.0335. The van der Waals surface area contributed by atoms with E-state index in [0.29, 0.717) is 38.1 Å². The van der Waals surface area contributed by atoms with Gasteiger partial charge in [0.25, 0.3) is 0 Å². The Bertz CT molecular complexity index is 4240. The number of ether oxygens (including phenoxy) is 1. The second kappa shape index (κ2) is 38.7. The maximum atomic E-state index is 10.3. The van der Waals surface area contributed by atoms with Gasteiger partial charge in [-0.1, -0.05) is 207 Å². The van der Waals surface area contributed by atoms with E-state index in [1.807, 2.05) is 54.6 Å². The van der Waals surface area contributed by atoms with Crippen molar-refractivity contribution in [1.29, 1.82) is 0 Å². The van der Waals surface area contributed by atoms with E-state index in [4.69, 9.17) is 4.74 Å². The third kappa shape index (κ3) is 26.7. The molecular formula is C81H96IN3O10S5. The Labute approximate surface area is 611 Å². The van der Waals surface area contributed by atoms with Crippen LogP contribution in [0.25, 0.3) is 25.1 Å². The van der Waals surface area contributed by atoms with Crippen LogP contribution in [-0.2, 0) is 52.1 Å². The number of benzene rings is 9. The van der Waals surface area contributed by atoms with Crippen LogP contribution in [0, 0.1) is 7.14 Å². The highest BCUT2D eigenvalue weighted by Crippen LogP contribution is 2.49. The molecule has 0 radical (unpaired) electrons. The number of anilines is 1. The first kappa shape index (κ1) is 79.2. The molecule has 19 heteroatoms. The number of hydrogen-bond acceptors (Lipinski definition) is 13. The molecule has 2 aliphatic carbocycles. The number of para-hydroxylation sites is 3. The van der Waals surface area contributed by atoms with Gasteiger partial charge in [-0.3, -0.25) is 0 Å². The fourth-order valence-electron chi connectivity index (χ4n) is 11.7. The summed E-state index contributed by atoms with van der Waals surface area (Å²) in [5.41, 5.74) is 4.24. The van der Waals surface area contributed by atoms with E-state index < -0.39 is 30.4 Å². The number of thiophene rings is 1. The number of hydrogen-bond donors (Lipinski definition) is 3. The zero-order valence-corrected chi connectivity index (χ0v) is 64.4.